The molecular weight excluding hydrogens is 234 g/mol. The first-order chi connectivity index (χ1) is 8.50. The molecule has 6 nitrogen and oxygen atoms in total. The van der Waals surface area contributed by atoms with Gasteiger partial charge in [-0.25, -0.2) is 4.79 Å². The Balaban J connectivity index is 2.20. The van der Waals surface area contributed by atoms with Crippen LogP contribution >= 0.6 is 0 Å². The maximum Gasteiger partial charge on any atom is 0.326 e. The number of H-pyrrole nitrogens is 1. The highest BCUT2D eigenvalue weighted by Crippen LogP contribution is 2.45. The van der Waals surface area contributed by atoms with Crippen molar-refractivity contribution in [2.75, 3.05) is 7.05 Å². The third-order valence-electron chi connectivity index (χ3n) is 4.24. The summed E-state index contributed by atoms with van der Waals surface area (Å²) in [7, 11) is 3.04. The van der Waals surface area contributed by atoms with Crippen molar-refractivity contribution in [2.24, 2.45) is 13.0 Å². The van der Waals surface area contributed by atoms with Crippen LogP contribution in [-0.2, 0) is 11.8 Å². The Kier molecular flexibility index (Phi) is 2.23. The Bertz CT molecular complexity index is 598. The zero-order valence-corrected chi connectivity index (χ0v) is 10.4. The van der Waals surface area contributed by atoms with E-state index < -0.39 is 0 Å². The lowest BCUT2D eigenvalue weighted by atomic mass is 9.69. The van der Waals surface area contributed by atoms with E-state index in [1.54, 1.807) is 7.05 Å². The van der Waals surface area contributed by atoms with Gasteiger partial charge < -0.3 is 4.98 Å². The summed E-state index contributed by atoms with van der Waals surface area (Å²) < 4.78 is 1.31. The number of rotatable bonds is 0. The van der Waals surface area contributed by atoms with Gasteiger partial charge in [-0.3, -0.25) is 19.1 Å². The first-order valence-electron chi connectivity index (χ1n) is 6.10. The Morgan fingerprint density at radius 1 is 1.17 bits per heavy atom. The summed E-state index contributed by atoms with van der Waals surface area (Å²) in [5.74, 6) is -0.143. The maximum atomic E-state index is 12.2. The smallest absolute Gasteiger partial charge is 0.309 e. The van der Waals surface area contributed by atoms with Gasteiger partial charge in [0.15, 0.2) is 0 Å². The van der Waals surface area contributed by atoms with E-state index in [1.165, 1.54) is 11.6 Å². The van der Waals surface area contributed by atoms with Crippen molar-refractivity contribution in [3.8, 4) is 0 Å². The van der Waals surface area contributed by atoms with Crippen molar-refractivity contribution >= 4 is 11.8 Å². The molecule has 0 radical (unpaired) electrons. The second kappa shape index (κ2) is 3.57. The molecule has 1 saturated carbocycles. The van der Waals surface area contributed by atoms with Crippen molar-refractivity contribution in [1.29, 1.82) is 0 Å². The highest BCUT2D eigenvalue weighted by Gasteiger charge is 2.42. The lowest BCUT2D eigenvalue weighted by Crippen LogP contribution is -2.41. The third-order valence-corrected chi connectivity index (χ3v) is 4.24. The minimum atomic E-state index is -0.388. The fraction of sp³-hybridized carbons (Fsp3) is 0.583. The molecule has 0 aromatic carbocycles. The van der Waals surface area contributed by atoms with Gasteiger partial charge in [0.25, 0.3) is 5.91 Å². The SMILES string of the molecule is CN1C(=O)CC2CCC2c2[nH]c(=O)n(C)c2C1=O. The molecule has 96 valence electrons. The van der Waals surface area contributed by atoms with Crippen LogP contribution < -0.4 is 5.69 Å². The molecule has 0 bridgehead atoms. The zero-order chi connectivity index (χ0) is 13.0. The fourth-order valence-corrected chi connectivity index (χ4v) is 2.89. The molecule has 6 heteroatoms. The minimum Gasteiger partial charge on any atom is -0.309 e. The molecule has 2 aliphatic rings. The first-order valence-corrected chi connectivity index (χ1v) is 6.10. The molecule has 1 aromatic heterocycles. The highest BCUT2D eigenvalue weighted by atomic mass is 16.2. The van der Waals surface area contributed by atoms with E-state index in [2.05, 4.69) is 4.98 Å². The van der Waals surface area contributed by atoms with Crippen molar-refractivity contribution in [1.82, 2.24) is 14.5 Å². The number of carbonyl (C=O) groups excluding carboxylic acids is 2. The van der Waals surface area contributed by atoms with Gasteiger partial charge in [-0.15, -0.1) is 0 Å². The molecule has 2 heterocycles. The van der Waals surface area contributed by atoms with Gasteiger partial charge in [0.2, 0.25) is 5.91 Å². The second-order valence-corrected chi connectivity index (χ2v) is 5.16. The molecule has 2 amide bonds. The van der Waals surface area contributed by atoms with Crippen LogP contribution in [0.5, 0.6) is 0 Å². The van der Waals surface area contributed by atoms with Crippen molar-refractivity contribution in [3.63, 3.8) is 0 Å². The Morgan fingerprint density at radius 3 is 2.50 bits per heavy atom. The van der Waals surface area contributed by atoms with Crippen LogP contribution in [0.15, 0.2) is 4.79 Å². The number of aromatic nitrogens is 2. The van der Waals surface area contributed by atoms with E-state index in [4.69, 9.17) is 0 Å². The molecule has 1 aliphatic carbocycles. The molecule has 1 N–H and O–H groups in total. The van der Waals surface area contributed by atoms with Gasteiger partial charge in [-0.2, -0.15) is 0 Å². The predicted octanol–water partition coefficient (Wildman–Crippen LogP) is 0.209. The number of nitrogens with zero attached hydrogens (tertiary/aromatic N) is 2. The van der Waals surface area contributed by atoms with Gasteiger partial charge in [0, 0.05) is 26.4 Å². The molecule has 0 saturated heterocycles. The third kappa shape index (κ3) is 1.31. The van der Waals surface area contributed by atoms with Crippen LogP contribution in [0.1, 0.15) is 41.4 Å². The van der Waals surface area contributed by atoms with Crippen molar-refractivity contribution < 1.29 is 9.59 Å². The zero-order valence-electron chi connectivity index (χ0n) is 10.4. The van der Waals surface area contributed by atoms with Crippen LogP contribution in [0, 0.1) is 5.92 Å². The molecule has 1 aromatic rings. The van der Waals surface area contributed by atoms with E-state index in [0.29, 0.717) is 17.8 Å². The van der Waals surface area contributed by atoms with Gasteiger partial charge >= 0.3 is 5.69 Å². The predicted molar refractivity (Wildman–Crippen MR) is 63.2 cm³/mol. The Labute approximate surface area is 104 Å². The van der Waals surface area contributed by atoms with Crippen LogP contribution in [0.4, 0.5) is 0 Å². The number of imidazole rings is 1. The van der Waals surface area contributed by atoms with E-state index in [1.807, 2.05) is 0 Å². The molecule has 3 rings (SSSR count). The fourth-order valence-electron chi connectivity index (χ4n) is 2.89. The molecule has 1 aliphatic heterocycles. The average molecular weight is 249 g/mol. The number of amides is 2. The van der Waals surface area contributed by atoms with E-state index >= 15 is 0 Å². The highest BCUT2D eigenvalue weighted by molar-refractivity contribution is 6.04. The molecule has 0 spiro atoms. The summed E-state index contributed by atoms with van der Waals surface area (Å²) in [6.45, 7) is 0. The number of hydrogen-bond donors (Lipinski definition) is 1. The number of nitrogens with one attached hydrogen (secondary N) is 1. The molecule has 2 unspecified atom stereocenters. The van der Waals surface area contributed by atoms with Gasteiger partial charge in [0.05, 0.1) is 5.69 Å². The Hall–Kier alpha value is -1.85. The van der Waals surface area contributed by atoms with Crippen molar-refractivity contribution in [2.45, 2.75) is 25.2 Å². The van der Waals surface area contributed by atoms with E-state index in [-0.39, 0.29) is 29.3 Å². The van der Waals surface area contributed by atoms with Gasteiger partial charge in [-0.1, -0.05) is 0 Å². The summed E-state index contributed by atoms with van der Waals surface area (Å²) in [5, 5.41) is 0. The topological polar surface area (TPSA) is 75.2 Å². The van der Waals surface area contributed by atoms with Crippen LogP contribution in [0.3, 0.4) is 0 Å². The summed E-state index contributed by atoms with van der Waals surface area (Å²) in [6.07, 6.45) is 2.31. The summed E-state index contributed by atoms with van der Waals surface area (Å²) >= 11 is 0. The maximum absolute atomic E-state index is 12.2. The van der Waals surface area contributed by atoms with Gasteiger partial charge in [0.1, 0.15) is 5.69 Å². The van der Waals surface area contributed by atoms with Crippen LogP contribution in [-0.4, -0.2) is 33.3 Å². The van der Waals surface area contributed by atoms with E-state index in [0.717, 1.165) is 17.7 Å². The monoisotopic (exact) mass is 249 g/mol. The van der Waals surface area contributed by atoms with Crippen molar-refractivity contribution in [3.05, 3.63) is 21.9 Å². The largest absolute Gasteiger partial charge is 0.326 e. The standard InChI is InChI=1S/C12H15N3O3/c1-14-8(16)5-6-3-4-7(6)9-10(11(14)17)15(2)12(18)13-9/h6-7H,3-5H2,1-2H3,(H,13,18). The number of aromatic amines is 1. The number of carbonyl (C=O) groups is 2. The average Bonchev–Trinajstić information content (AvgIpc) is 2.58. The first kappa shape index (κ1) is 11.3. The Morgan fingerprint density at radius 2 is 1.89 bits per heavy atom. The molecule has 18 heavy (non-hydrogen) atoms. The number of fused-ring (bicyclic) bond motifs is 3. The minimum absolute atomic E-state index is 0.149. The normalized spacial score (nSPS) is 27.1. The quantitative estimate of drug-likeness (QED) is 0.668. The molecular formula is C12H15N3O3. The second-order valence-electron chi connectivity index (χ2n) is 5.16. The van der Waals surface area contributed by atoms with Gasteiger partial charge in [-0.05, 0) is 18.8 Å². The van der Waals surface area contributed by atoms with Crippen LogP contribution in [0.2, 0.25) is 0 Å². The van der Waals surface area contributed by atoms with E-state index in [9.17, 15) is 14.4 Å². The summed E-state index contributed by atoms with van der Waals surface area (Å²) in [4.78, 5) is 39.7. The number of hydrogen-bond acceptors (Lipinski definition) is 3. The molecule has 2 atom stereocenters. The summed E-state index contributed by atoms with van der Waals surface area (Å²) in [5.41, 5.74) is 0.759. The number of imide groups is 1. The lowest BCUT2D eigenvalue weighted by Gasteiger charge is -2.38. The molecule has 1 fully saturated rings. The lowest BCUT2D eigenvalue weighted by molar-refractivity contribution is -0.129. The van der Waals surface area contributed by atoms with Crippen LogP contribution in [0.25, 0.3) is 0 Å². The summed E-state index contributed by atoms with van der Waals surface area (Å²) in [6, 6.07) is 0.